The number of phenolic OH excluding ortho intramolecular Hbond substituents is 1. The first-order chi connectivity index (χ1) is 26.4. The van der Waals surface area contributed by atoms with E-state index in [0.29, 0.717) is 69.2 Å². The number of hydrogen-bond donors (Lipinski definition) is 4. The third-order valence-corrected chi connectivity index (χ3v) is 10.5. The molecule has 0 aliphatic carbocycles. The molecular weight excluding hydrogens is 717 g/mol. The fraction of sp³-hybridized carbons (Fsp3) is 0.475. The molecule has 2 aliphatic rings. The van der Waals surface area contributed by atoms with Gasteiger partial charge in [-0.3, -0.25) is 14.5 Å². The summed E-state index contributed by atoms with van der Waals surface area (Å²) in [7, 11) is 1.73. The monoisotopic (exact) mass is 766 g/mol. The van der Waals surface area contributed by atoms with Crippen LogP contribution < -0.4 is 15.8 Å². The van der Waals surface area contributed by atoms with Crippen LogP contribution in [0.3, 0.4) is 0 Å². The number of morpholine rings is 1. The van der Waals surface area contributed by atoms with Gasteiger partial charge in [-0.05, 0) is 60.2 Å². The number of hydrogen-bond acceptors (Lipinski definition) is 10. The van der Waals surface area contributed by atoms with Crippen molar-refractivity contribution in [1.29, 1.82) is 0 Å². The maximum Gasteiger partial charge on any atom is 0.416 e. The van der Waals surface area contributed by atoms with Gasteiger partial charge in [-0.15, -0.1) is 0 Å². The van der Waals surface area contributed by atoms with Crippen LogP contribution in [-0.4, -0.2) is 114 Å². The van der Waals surface area contributed by atoms with Crippen molar-refractivity contribution in [3.63, 3.8) is 0 Å². The predicted molar refractivity (Wildman–Crippen MR) is 202 cm³/mol. The minimum Gasteiger partial charge on any atom is -0.506 e. The molecule has 1 unspecified atom stereocenters. The summed E-state index contributed by atoms with van der Waals surface area (Å²) in [5.74, 6) is 0.225. The lowest BCUT2D eigenvalue weighted by molar-refractivity contribution is -0.137. The SMILES string of the molecule is CN(CCNCC(O)c1ccc(O)c2[nH]c(=O)ccc12)C(=O)CCOCCc1cccc(CN2CCC3(CC2)CN(c2cc(C(F)(F)F)ccn2)CCO3)c1. The highest BCUT2D eigenvalue weighted by atomic mass is 19.4. The number of aromatic hydroxyl groups is 1. The number of piperidine rings is 1. The van der Waals surface area contributed by atoms with Crippen LogP contribution in [0.25, 0.3) is 10.9 Å². The molecule has 4 aromatic rings. The molecular formula is C40H49F3N6O6. The third kappa shape index (κ3) is 10.6. The lowest BCUT2D eigenvalue weighted by atomic mass is 9.89. The Labute approximate surface area is 317 Å². The number of amides is 1. The van der Waals surface area contributed by atoms with Gasteiger partial charge in [0.1, 0.15) is 11.6 Å². The highest BCUT2D eigenvalue weighted by molar-refractivity contribution is 5.87. The fourth-order valence-corrected chi connectivity index (χ4v) is 7.28. The van der Waals surface area contributed by atoms with Gasteiger partial charge in [-0.25, -0.2) is 4.98 Å². The molecule has 0 saturated carbocycles. The van der Waals surface area contributed by atoms with Crippen LogP contribution in [0.4, 0.5) is 19.0 Å². The van der Waals surface area contributed by atoms with Crippen LogP contribution in [-0.2, 0) is 33.4 Å². The summed E-state index contributed by atoms with van der Waals surface area (Å²) in [5, 5.41) is 24.5. The number of likely N-dealkylation sites (tertiary alicyclic amines) is 1. The zero-order valence-electron chi connectivity index (χ0n) is 31.0. The molecule has 1 amide bonds. The van der Waals surface area contributed by atoms with Crippen LogP contribution in [0.1, 0.15) is 47.6 Å². The largest absolute Gasteiger partial charge is 0.506 e. The van der Waals surface area contributed by atoms with Crippen molar-refractivity contribution < 1.29 is 37.7 Å². The average molecular weight is 767 g/mol. The molecule has 12 nitrogen and oxygen atoms in total. The van der Waals surface area contributed by atoms with E-state index in [0.717, 1.165) is 50.2 Å². The van der Waals surface area contributed by atoms with E-state index >= 15 is 0 Å². The van der Waals surface area contributed by atoms with Gasteiger partial charge in [0.2, 0.25) is 11.5 Å². The van der Waals surface area contributed by atoms with Crippen molar-refractivity contribution in [2.75, 3.05) is 77.6 Å². The molecule has 6 rings (SSSR count). The van der Waals surface area contributed by atoms with E-state index < -0.39 is 23.4 Å². The first-order valence-electron chi connectivity index (χ1n) is 18.7. The van der Waals surface area contributed by atoms with E-state index in [4.69, 9.17) is 9.47 Å². The molecule has 0 bridgehead atoms. The smallest absolute Gasteiger partial charge is 0.416 e. The van der Waals surface area contributed by atoms with Crippen LogP contribution in [0.2, 0.25) is 0 Å². The lowest BCUT2D eigenvalue weighted by Crippen LogP contribution is -2.57. The summed E-state index contributed by atoms with van der Waals surface area (Å²) in [6.07, 6.45) is -1.53. The number of aromatic nitrogens is 2. The number of rotatable bonds is 15. The van der Waals surface area contributed by atoms with Gasteiger partial charge in [0.15, 0.2) is 0 Å². The number of pyridine rings is 2. The highest BCUT2D eigenvalue weighted by Crippen LogP contribution is 2.35. The number of benzene rings is 2. The summed E-state index contributed by atoms with van der Waals surface area (Å²) in [6.45, 7) is 5.83. The van der Waals surface area contributed by atoms with Crippen molar-refractivity contribution in [2.24, 2.45) is 0 Å². The van der Waals surface area contributed by atoms with Crippen LogP contribution in [0.15, 0.2) is 71.7 Å². The Hall–Kier alpha value is -4.54. The second-order valence-corrected chi connectivity index (χ2v) is 14.4. The van der Waals surface area contributed by atoms with Crippen molar-refractivity contribution in [3.8, 4) is 5.75 Å². The Morgan fingerprint density at radius 1 is 1.09 bits per heavy atom. The van der Waals surface area contributed by atoms with Gasteiger partial charge >= 0.3 is 6.18 Å². The van der Waals surface area contributed by atoms with E-state index in [1.807, 2.05) is 11.0 Å². The molecule has 4 N–H and O–H groups in total. The number of nitrogens with zero attached hydrogens (tertiary/aromatic N) is 4. The van der Waals surface area contributed by atoms with Crippen LogP contribution >= 0.6 is 0 Å². The standard InChI is InChI=1S/C40H49F3N6O6/c1-47(18-15-44-25-34(51)31-5-7-33(50)38-32(31)6-8-36(52)46-38)37(53)11-21-54-20-10-28-3-2-4-29(23-28)26-48-16-12-39(13-17-48)27-49(19-22-55-39)35-24-30(9-14-45-35)40(41,42)43/h2-9,14,23-24,34,44,50-51H,10-13,15-22,25-27H2,1H3,(H,46,52). The topological polar surface area (TPSA) is 143 Å². The van der Waals surface area contributed by atoms with Gasteiger partial charge in [0.05, 0.1) is 49.0 Å². The van der Waals surface area contributed by atoms with E-state index in [2.05, 4.69) is 38.4 Å². The normalized spacial score (nSPS) is 16.8. The summed E-state index contributed by atoms with van der Waals surface area (Å²) < 4.78 is 51.9. The van der Waals surface area contributed by atoms with Crippen molar-refractivity contribution >= 4 is 22.6 Å². The Balaban J connectivity index is 0.861. The van der Waals surface area contributed by atoms with E-state index in [-0.39, 0.29) is 35.7 Å². The molecule has 0 radical (unpaired) electrons. The van der Waals surface area contributed by atoms with E-state index in [1.54, 1.807) is 24.1 Å². The minimum absolute atomic E-state index is 0.0419. The molecule has 15 heteroatoms. The molecule has 55 heavy (non-hydrogen) atoms. The first kappa shape index (κ1) is 40.1. The second-order valence-electron chi connectivity index (χ2n) is 14.4. The number of likely N-dealkylation sites (N-methyl/N-ethyl adjacent to an activating group) is 1. The highest BCUT2D eigenvalue weighted by Gasteiger charge is 2.40. The number of fused-ring (bicyclic) bond motifs is 1. The number of anilines is 1. The van der Waals surface area contributed by atoms with Gasteiger partial charge in [-0.1, -0.05) is 30.3 Å². The number of aliphatic hydroxyl groups excluding tert-OH is 1. The summed E-state index contributed by atoms with van der Waals surface area (Å²) in [6, 6.07) is 16.5. The zero-order chi connectivity index (χ0) is 39.0. The minimum atomic E-state index is -4.41. The van der Waals surface area contributed by atoms with Gasteiger partial charge in [-0.2, -0.15) is 13.2 Å². The number of alkyl halides is 3. The molecule has 2 fully saturated rings. The molecule has 296 valence electrons. The molecule has 2 saturated heterocycles. The zero-order valence-corrected chi connectivity index (χ0v) is 31.0. The number of carbonyl (C=O) groups is 1. The predicted octanol–water partition coefficient (Wildman–Crippen LogP) is 4.25. The Morgan fingerprint density at radius 2 is 1.89 bits per heavy atom. The average Bonchev–Trinajstić information content (AvgIpc) is 3.17. The summed E-state index contributed by atoms with van der Waals surface area (Å²) in [4.78, 5) is 37.1. The number of phenols is 1. The lowest BCUT2D eigenvalue weighted by Gasteiger charge is -2.47. The Kier molecular flexibility index (Phi) is 13.1. The number of aliphatic hydroxyl groups is 1. The van der Waals surface area contributed by atoms with Gasteiger partial charge < -0.3 is 39.8 Å². The third-order valence-electron chi connectivity index (χ3n) is 10.5. The fourth-order valence-electron chi connectivity index (χ4n) is 7.28. The van der Waals surface area contributed by atoms with Gasteiger partial charge in [0.25, 0.3) is 0 Å². The van der Waals surface area contributed by atoms with E-state index in [9.17, 15) is 33.0 Å². The van der Waals surface area contributed by atoms with Crippen LogP contribution in [0, 0.1) is 0 Å². The maximum atomic E-state index is 13.3. The molecule has 2 aromatic heterocycles. The molecule has 2 aromatic carbocycles. The number of H-pyrrole nitrogens is 1. The Bertz CT molecular complexity index is 1970. The van der Waals surface area contributed by atoms with Crippen molar-refractivity contribution in [3.05, 3.63) is 99.5 Å². The number of nitrogens with one attached hydrogen (secondary N) is 2. The van der Waals surface area contributed by atoms with Crippen LogP contribution in [0.5, 0.6) is 5.75 Å². The molecule has 2 aliphatic heterocycles. The molecule has 1 spiro atoms. The van der Waals surface area contributed by atoms with Crippen molar-refractivity contribution in [1.82, 2.24) is 25.1 Å². The van der Waals surface area contributed by atoms with Gasteiger partial charge in [0, 0.05) is 77.1 Å². The quantitative estimate of drug-likeness (QED) is 0.130. The van der Waals surface area contributed by atoms with E-state index in [1.165, 1.54) is 23.9 Å². The first-order valence-corrected chi connectivity index (χ1v) is 18.7. The summed E-state index contributed by atoms with van der Waals surface area (Å²) >= 11 is 0. The Morgan fingerprint density at radius 3 is 2.69 bits per heavy atom. The number of carbonyl (C=O) groups excluding carboxylic acids is 1. The van der Waals surface area contributed by atoms with Crippen molar-refractivity contribution in [2.45, 2.75) is 50.1 Å². The maximum absolute atomic E-state index is 13.3. The second kappa shape index (κ2) is 17.9. The summed E-state index contributed by atoms with van der Waals surface area (Å²) in [5.41, 5.74) is 1.75. The number of halogens is 3. The molecule has 1 atom stereocenters. The number of aromatic amines is 1. The molecule has 4 heterocycles. The number of ether oxygens (including phenoxy) is 2.